The van der Waals surface area contributed by atoms with E-state index in [9.17, 15) is 23.1 Å². The van der Waals surface area contributed by atoms with E-state index in [1.807, 2.05) is 4.90 Å². The van der Waals surface area contributed by atoms with Gasteiger partial charge in [-0.3, -0.25) is 9.69 Å². The number of amides is 1. The van der Waals surface area contributed by atoms with Gasteiger partial charge in [0.25, 0.3) is 5.91 Å². The standard InChI is InChI=1S/C26H31ClF3N7O2/c27-19-5-6-20-18(4-7-22(35-20)37(11-8-31)12-13-38)23(19)24(39)32-16-21(36-9-2-1-3-10-36)17-14-33-25(34-15-17)26(28,29)30/h4-7,14-15,21,38H,1-3,8-13,16,31H2,(H,32,39). The maximum Gasteiger partial charge on any atom is 0.451 e. The number of nitrogens with zero attached hydrogens (tertiary/aromatic N) is 5. The van der Waals surface area contributed by atoms with Gasteiger partial charge in [-0.25, -0.2) is 15.0 Å². The molecule has 9 nitrogen and oxygen atoms in total. The number of nitrogens with two attached hydrogens (primary N) is 1. The molecule has 4 N–H and O–H groups in total. The first kappa shape index (κ1) is 28.9. The minimum atomic E-state index is -4.63. The Morgan fingerprint density at radius 1 is 1.13 bits per heavy atom. The van der Waals surface area contributed by atoms with Gasteiger partial charge >= 0.3 is 6.18 Å². The zero-order valence-corrected chi connectivity index (χ0v) is 22.0. The van der Waals surface area contributed by atoms with Gasteiger partial charge in [0.05, 0.1) is 28.8 Å². The molecule has 4 rings (SSSR count). The SMILES string of the molecule is NCCN(CCO)c1ccc2c(C(=O)NCC(c3cnc(C(F)(F)F)nc3)N3CCCCC3)c(Cl)ccc2n1. The number of aliphatic hydroxyl groups is 1. The van der Waals surface area contributed by atoms with Crippen LogP contribution in [0.15, 0.2) is 36.7 Å². The van der Waals surface area contributed by atoms with Gasteiger partial charge in [0.2, 0.25) is 5.82 Å². The van der Waals surface area contributed by atoms with E-state index >= 15 is 0 Å². The normalized spacial score (nSPS) is 15.3. The number of carbonyl (C=O) groups excluding carboxylic acids is 1. The highest BCUT2D eigenvalue weighted by Gasteiger charge is 2.35. The predicted molar refractivity (Wildman–Crippen MR) is 143 cm³/mol. The number of aromatic nitrogens is 3. The number of aliphatic hydroxyl groups excluding tert-OH is 1. The Kier molecular flexibility index (Phi) is 9.54. The molecule has 3 heterocycles. The molecule has 1 saturated heterocycles. The van der Waals surface area contributed by atoms with Gasteiger partial charge in [0.15, 0.2) is 0 Å². The molecule has 1 aliphatic rings. The molecular formula is C26H31ClF3N7O2. The van der Waals surface area contributed by atoms with E-state index in [0.29, 0.717) is 41.9 Å². The summed E-state index contributed by atoms with van der Waals surface area (Å²) in [6, 6.07) is 6.41. The number of hydrogen-bond acceptors (Lipinski definition) is 8. The Morgan fingerprint density at radius 2 is 1.85 bits per heavy atom. The Balaban J connectivity index is 1.58. The Bertz CT molecular complexity index is 1260. The van der Waals surface area contributed by atoms with Crippen LogP contribution in [0.1, 0.15) is 47.1 Å². The zero-order chi connectivity index (χ0) is 28.0. The molecule has 1 fully saturated rings. The van der Waals surface area contributed by atoms with Crippen molar-refractivity contribution in [2.45, 2.75) is 31.5 Å². The van der Waals surface area contributed by atoms with Gasteiger partial charge < -0.3 is 21.1 Å². The maximum atomic E-state index is 13.4. The Morgan fingerprint density at radius 3 is 2.49 bits per heavy atom. The average Bonchev–Trinajstić information content (AvgIpc) is 2.93. The van der Waals surface area contributed by atoms with Crippen molar-refractivity contribution < 1.29 is 23.1 Å². The highest BCUT2D eigenvalue weighted by Crippen LogP contribution is 2.30. The molecule has 1 atom stereocenters. The van der Waals surface area contributed by atoms with Crippen LogP contribution >= 0.6 is 11.6 Å². The number of likely N-dealkylation sites (tertiary alicyclic amines) is 1. The third-order valence-electron chi connectivity index (χ3n) is 6.72. The van der Waals surface area contributed by atoms with Gasteiger partial charge in [-0.2, -0.15) is 13.2 Å². The number of pyridine rings is 1. The van der Waals surface area contributed by atoms with E-state index in [4.69, 9.17) is 17.3 Å². The van der Waals surface area contributed by atoms with Crippen LogP contribution in [-0.4, -0.2) is 76.7 Å². The number of hydrogen-bond donors (Lipinski definition) is 3. The summed E-state index contributed by atoms with van der Waals surface area (Å²) >= 11 is 6.46. The first-order valence-corrected chi connectivity index (χ1v) is 13.2. The highest BCUT2D eigenvalue weighted by atomic mass is 35.5. The summed E-state index contributed by atoms with van der Waals surface area (Å²) in [5, 5.41) is 13.1. The van der Waals surface area contributed by atoms with E-state index < -0.39 is 23.9 Å². The molecule has 3 aromatic rings. The molecule has 2 aromatic heterocycles. The number of rotatable bonds is 10. The molecule has 1 aromatic carbocycles. The smallest absolute Gasteiger partial charge is 0.395 e. The molecule has 13 heteroatoms. The lowest BCUT2D eigenvalue weighted by Gasteiger charge is -2.34. The minimum absolute atomic E-state index is 0.0594. The van der Waals surface area contributed by atoms with Gasteiger partial charge in [0.1, 0.15) is 5.82 Å². The lowest BCUT2D eigenvalue weighted by Crippen LogP contribution is -2.41. The van der Waals surface area contributed by atoms with Gasteiger partial charge in [-0.15, -0.1) is 0 Å². The number of alkyl halides is 3. The molecule has 0 bridgehead atoms. The fourth-order valence-corrected chi connectivity index (χ4v) is 5.06. The van der Waals surface area contributed by atoms with Gasteiger partial charge in [-0.05, 0) is 50.2 Å². The summed E-state index contributed by atoms with van der Waals surface area (Å²) in [6.07, 6.45) is 0.694. The van der Waals surface area contributed by atoms with Crippen LogP contribution in [0.4, 0.5) is 19.0 Å². The maximum absolute atomic E-state index is 13.4. The summed E-state index contributed by atoms with van der Waals surface area (Å²) in [6.45, 7) is 2.82. The summed E-state index contributed by atoms with van der Waals surface area (Å²) in [7, 11) is 0. The molecule has 0 radical (unpaired) electrons. The number of nitrogens with one attached hydrogen (secondary N) is 1. The van der Waals surface area contributed by atoms with Crippen molar-refractivity contribution in [1.82, 2.24) is 25.2 Å². The second kappa shape index (κ2) is 12.9. The van der Waals surface area contributed by atoms with Crippen LogP contribution < -0.4 is 16.0 Å². The van der Waals surface area contributed by atoms with Crippen LogP contribution in [0.5, 0.6) is 0 Å². The molecular weight excluding hydrogens is 535 g/mol. The Hall–Kier alpha value is -3.06. The summed E-state index contributed by atoms with van der Waals surface area (Å²) in [5.74, 6) is -1.02. The van der Waals surface area contributed by atoms with Crippen LogP contribution in [-0.2, 0) is 6.18 Å². The molecule has 1 unspecified atom stereocenters. The average molecular weight is 566 g/mol. The molecule has 0 aliphatic carbocycles. The lowest BCUT2D eigenvalue weighted by atomic mass is 10.0. The first-order chi connectivity index (χ1) is 18.7. The van der Waals surface area contributed by atoms with Crippen molar-refractivity contribution in [2.24, 2.45) is 5.73 Å². The van der Waals surface area contributed by atoms with E-state index in [1.54, 1.807) is 24.3 Å². The summed E-state index contributed by atoms with van der Waals surface area (Å²) < 4.78 is 39.0. The van der Waals surface area contributed by atoms with E-state index in [1.165, 1.54) is 12.4 Å². The van der Waals surface area contributed by atoms with Crippen LogP contribution in [0.25, 0.3) is 10.9 Å². The van der Waals surface area contributed by atoms with Crippen molar-refractivity contribution in [2.75, 3.05) is 50.8 Å². The van der Waals surface area contributed by atoms with Crippen molar-refractivity contribution in [3.8, 4) is 0 Å². The fraction of sp³-hybridized carbons (Fsp3) is 0.462. The topological polar surface area (TPSA) is 120 Å². The van der Waals surface area contributed by atoms with Crippen LogP contribution in [0.2, 0.25) is 5.02 Å². The van der Waals surface area contributed by atoms with Crippen molar-refractivity contribution >= 4 is 34.2 Å². The lowest BCUT2D eigenvalue weighted by molar-refractivity contribution is -0.145. The fourth-order valence-electron chi connectivity index (χ4n) is 4.81. The zero-order valence-electron chi connectivity index (χ0n) is 21.3. The monoisotopic (exact) mass is 565 g/mol. The molecule has 0 spiro atoms. The first-order valence-electron chi connectivity index (χ1n) is 12.8. The molecule has 39 heavy (non-hydrogen) atoms. The number of halogens is 4. The molecule has 0 saturated carbocycles. The summed E-state index contributed by atoms with van der Waals surface area (Å²) in [4.78, 5) is 29.1. The third kappa shape index (κ3) is 6.93. The molecule has 1 aliphatic heterocycles. The number of fused-ring (bicyclic) bond motifs is 1. The van der Waals surface area contributed by atoms with Crippen LogP contribution in [0.3, 0.4) is 0 Å². The van der Waals surface area contributed by atoms with Crippen molar-refractivity contribution in [1.29, 1.82) is 0 Å². The van der Waals surface area contributed by atoms with Gasteiger partial charge in [-0.1, -0.05) is 18.0 Å². The number of carbonyl (C=O) groups is 1. The number of benzene rings is 1. The highest BCUT2D eigenvalue weighted by molar-refractivity contribution is 6.35. The Labute approximate surface area is 229 Å². The molecule has 1 amide bonds. The van der Waals surface area contributed by atoms with Crippen molar-refractivity contribution in [3.63, 3.8) is 0 Å². The second-order valence-electron chi connectivity index (χ2n) is 9.32. The van der Waals surface area contributed by atoms with E-state index in [0.717, 1.165) is 32.4 Å². The second-order valence-corrected chi connectivity index (χ2v) is 9.73. The number of piperidine rings is 1. The largest absolute Gasteiger partial charge is 0.451 e. The minimum Gasteiger partial charge on any atom is -0.395 e. The van der Waals surface area contributed by atoms with Gasteiger partial charge in [0, 0.05) is 49.5 Å². The quantitative estimate of drug-likeness (QED) is 0.342. The van der Waals surface area contributed by atoms with E-state index in [-0.39, 0.29) is 23.7 Å². The van der Waals surface area contributed by atoms with Crippen LogP contribution in [0, 0.1) is 0 Å². The summed E-state index contributed by atoms with van der Waals surface area (Å²) in [5.41, 5.74) is 6.98. The predicted octanol–water partition coefficient (Wildman–Crippen LogP) is 3.41. The van der Waals surface area contributed by atoms with E-state index in [2.05, 4.69) is 25.2 Å². The number of anilines is 1. The molecule has 210 valence electrons. The van der Waals surface area contributed by atoms with Crippen molar-refractivity contribution in [3.05, 3.63) is 58.6 Å². The third-order valence-corrected chi connectivity index (χ3v) is 7.04.